The minimum atomic E-state index is -0.178. The van der Waals surface area contributed by atoms with Crippen molar-refractivity contribution in [2.75, 3.05) is 5.73 Å². The largest absolute Gasteiger partial charge is 0.486 e. The van der Waals surface area contributed by atoms with E-state index in [1.165, 1.54) is 5.56 Å². The molecule has 2 heterocycles. The Bertz CT molecular complexity index is 684. The zero-order valence-corrected chi connectivity index (χ0v) is 13.0. The van der Waals surface area contributed by atoms with Gasteiger partial charge in [0.15, 0.2) is 5.82 Å². The molecule has 2 aromatic rings. The Morgan fingerprint density at radius 1 is 1.29 bits per heavy atom. The highest BCUT2D eigenvalue weighted by Gasteiger charge is 2.32. The molecule has 1 aromatic carbocycles. The molecule has 110 valence electrons. The number of rotatable bonds is 2. The average Bonchev–Trinajstić information content (AvgIpc) is 2.71. The molecule has 3 rings (SSSR count). The molecule has 1 aliphatic heterocycles. The van der Waals surface area contributed by atoms with E-state index in [0.717, 1.165) is 35.4 Å². The van der Waals surface area contributed by atoms with Crippen molar-refractivity contribution in [1.29, 1.82) is 0 Å². The van der Waals surface area contributed by atoms with Crippen molar-refractivity contribution in [3.8, 4) is 17.1 Å². The van der Waals surface area contributed by atoms with E-state index in [9.17, 15) is 0 Å². The molecule has 0 unspecified atom stereocenters. The lowest BCUT2D eigenvalue weighted by atomic mass is 10.0. The highest BCUT2D eigenvalue weighted by Crippen LogP contribution is 2.41. The summed E-state index contributed by atoms with van der Waals surface area (Å²) < 4.78 is 6.10. The first-order valence-corrected chi connectivity index (χ1v) is 7.35. The number of nitrogen functional groups attached to an aromatic ring is 1. The molecule has 0 aliphatic carbocycles. The van der Waals surface area contributed by atoms with Gasteiger partial charge in [-0.05, 0) is 38.8 Å². The van der Waals surface area contributed by atoms with Gasteiger partial charge in [-0.2, -0.15) is 0 Å². The molecule has 0 radical (unpaired) electrons. The van der Waals surface area contributed by atoms with E-state index in [2.05, 4.69) is 36.8 Å². The topological polar surface area (TPSA) is 61.0 Å². The molecule has 0 spiro atoms. The third-order valence-corrected chi connectivity index (χ3v) is 3.93. The van der Waals surface area contributed by atoms with Crippen molar-refractivity contribution in [2.24, 2.45) is 0 Å². The van der Waals surface area contributed by atoms with Crippen molar-refractivity contribution < 1.29 is 4.74 Å². The second kappa shape index (κ2) is 4.72. The second-order valence-electron chi connectivity index (χ2n) is 6.18. The molecule has 0 amide bonds. The van der Waals surface area contributed by atoms with Crippen LogP contribution in [0.5, 0.6) is 5.75 Å². The van der Waals surface area contributed by atoms with Crippen molar-refractivity contribution in [1.82, 2.24) is 9.97 Å². The summed E-state index contributed by atoms with van der Waals surface area (Å²) in [7, 11) is 0. The summed E-state index contributed by atoms with van der Waals surface area (Å²) in [6.07, 6.45) is 1.74. The number of fused-ring (bicyclic) bond motifs is 1. The zero-order valence-electron chi connectivity index (χ0n) is 13.0. The van der Waals surface area contributed by atoms with Gasteiger partial charge in [0, 0.05) is 17.7 Å². The van der Waals surface area contributed by atoms with Crippen molar-refractivity contribution in [2.45, 2.75) is 46.1 Å². The molecule has 0 saturated heterocycles. The van der Waals surface area contributed by atoms with Crippen LogP contribution in [-0.4, -0.2) is 15.6 Å². The number of nitrogens with zero attached hydrogens (tertiary/aromatic N) is 2. The van der Waals surface area contributed by atoms with Gasteiger partial charge in [-0.25, -0.2) is 9.97 Å². The van der Waals surface area contributed by atoms with Gasteiger partial charge in [0.2, 0.25) is 0 Å². The van der Waals surface area contributed by atoms with E-state index in [-0.39, 0.29) is 5.60 Å². The Balaban J connectivity index is 2.14. The maximum atomic E-state index is 6.10. The smallest absolute Gasteiger partial charge is 0.165 e. The number of hydrogen-bond acceptors (Lipinski definition) is 4. The quantitative estimate of drug-likeness (QED) is 0.918. The molecular formula is C17H21N3O. The lowest BCUT2D eigenvalue weighted by Crippen LogP contribution is -2.24. The van der Waals surface area contributed by atoms with Gasteiger partial charge in [0.1, 0.15) is 17.2 Å². The van der Waals surface area contributed by atoms with Crippen molar-refractivity contribution in [3.63, 3.8) is 0 Å². The Morgan fingerprint density at radius 3 is 2.71 bits per heavy atom. The highest BCUT2D eigenvalue weighted by molar-refractivity contribution is 5.69. The maximum absolute atomic E-state index is 6.10. The van der Waals surface area contributed by atoms with Crippen molar-refractivity contribution >= 4 is 5.82 Å². The summed E-state index contributed by atoms with van der Waals surface area (Å²) in [5.74, 6) is 2.11. The minimum absolute atomic E-state index is 0.178. The molecular weight excluding hydrogens is 262 g/mol. The van der Waals surface area contributed by atoms with E-state index >= 15 is 0 Å². The summed E-state index contributed by atoms with van der Waals surface area (Å²) in [4.78, 5) is 9.12. The first kappa shape index (κ1) is 13.9. The van der Waals surface area contributed by atoms with E-state index in [1.807, 2.05) is 19.1 Å². The van der Waals surface area contributed by atoms with E-state index in [1.54, 1.807) is 0 Å². The van der Waals surface area contributed by atoms with Crippen LogP contribution < -0.4 is 10.5 Å². The minimum Gasteiger partial charge on any atom is -0.486 e. The number of aromatic nitrogens is 2. The summed E-state index contributed by atoms with van der Waals surface area (Å²) in [6, 6.07) is 6.13. The predicted octanol–water partition coefficient (Wildman–Crippen LogP) is 3.31. The Labute approximate surface area is 125 Å². The van der Waals surface area contributed by atoms with Crippen LogP contribution in [0.1, 0.15) is 37.6 Å². The van der Waals surface area contributed by atoms with Gasteiger partial charge in [-0.1, -0.05) is 19.1 Å². The summed E-state index contributed by atoms with van der Waals surface area (Å²) in [6.45, 7) is 8.23. The molecule has 0 saturated carbocycles. The molecule has 4 heteroatoms. The molecule has 2 N–H and O–H groups in total. The average molecular weight is 283 g/mol. The van der Waals surface area contributed by atoms with Gasteiger partial charge in [-0.15, -0.1) is 0 Å². The second-order valence-corrected chi connectivity index (χ2v) is 6.18. The number of benzene rings is 1. The summed E-state index contributed by atoms with van der Waals surface area (Å²) in [5.41, 5.74) is 9.99. The molecule has 21 heavy (non-hydrogen) atoms. The number of nitrogens with two attached hydrogens (primary N) is 1. The molecule has 0 atom stereocenters. The molecule has 1 aliphatic rings. The van der Waals surface area contributed by atoms with Gasteiger partial charge in [0.25, 0.3) is 0 Å². The summed E-state index contributed by atoms with van der Waals surface area (Å²) in [5, 5.41) is 0. The summed E-state index contributed by atoms with van der Waals surface area (Å²) >= 11 is 0. The van der Waals surface area contributed by atoms with Gasteiger partial charge < -0.3 is 10.5 Å². The maximum Gasteiger partial charge on any atom is 0.165 e. The van der Waals surface area contributed by atoms with Crippen LogP contribution >= 0.6 is 0 Å². The fraction of sp³-hybridized carbons (Fsp3) is 0.412. The van der Waals surface area contributed by atoms with Crippen LogP contribution in [0.15, 0.2) is 18.2 Å². The molecule has 4 nitrogen and oxygen atoms in total. The van der Waals surface area contributed by atoms with Gasteiger partial charge >= 0.3 is 0 Å². The first-order chi connectivity index (χ1) is 9.91. The van der Waals surface area contributed by atoms with Crippen LogP contribution in [0.4, 0.5) is 5.82 Å². The SMILES string of the molecule is CCc1c(C)nc(-c2cccc3c2OC(C)(C)C3)nc1N. The third kappa shape index (κ3) is 2.35. The fourth-order valence-corrected chi connectivity index (χ4v) is 2.97. The monoisotopic (exact) mass is 283 g/mol. The van der Waals surface area contributed by atoms with E-state index in [0.29, 0.717) is 11.6 Å². The number of anilines is 1. The lowest BCUT2D eigenvalue weighted by molar-refractivity contribution is 0.139. The Kier molecular flexibility index (Phi) is 3.12. The van der Waals surface area contributed by atoms with Crippen LogP contribution in [-0.2, 0) is 12.8 Å². The predicted molar refractivity (Wildman–Crippen MR) is 84.4 cm³/mol. The number of para-hydroxylation sites is 1. The number of aryl methyl sites for hydroxylation is 1. The van der Waals surface area contributed by atoms with Crippen LogP contribution in [0.25, 0.3) is 11.4 Å². The molecule has 1 aromatic heterocycles. The Hall–Kier alpha value is -2.10. The van der Waals surface area contributed by atoms with Crippen LogP contribution in [0.3, 0.4) is 0 Å². The number of ether oxygens (including phenoxy) is 1. The zero-order chi connectivity index (χ0) is 15.2. The number of hydrogen-bond donors (Lipinski definition) is 1. The van der Waals surface area contributed by atoms with Gasteiger partial charge in [-0.3, -0.25) is 0 Å². The lowest BCUT2D eigenvalue weighted by Gasteiger charge is -2.18. The first-order valence-electron chi connectivity index (χ1n) is 7.35. The molecule has 0 bridgehead atoms. The van der Waals surface area contributed by atoms with E-state index in [4.69, 9.17) is 10.5 Å². The van der Waals surface area contributed by atoms with Gasteiger partial charge in [0.05, 0.1) is 5.56 Å². The fourth-order valence-electron chi connectivity index (χ4n) is 2.97. The van der Waals surface area contributed by atoms with E-state index < -0.39 is 0 Å². The molecule has 0 fully saturated rings. The van der Waals surface area contributed by atoms with Crippen LogP contribution in [0.2, 0.25) is 0 Å². The third-order valence-electron chi connectivity index (χ3n) is 3.93. The normalized spacial score (nSPS) is 15.6. The Morgan fingerprint density at radius 2 is 2.05 bits per heavy atom. The van der Waals surface area contributed by atoms with Crippen molar-refractivity contribution in [3.05, 3.63) is 35.0 Å². The highest BCUT2D eigenvalue weighted by atomic mass is 16.5. The van der Waals surface area contributed by atoms with Crippen LogP contribution in [0, 0.1) is 6.92 Å². The standard InChI is InChI=1S/C17H21N3O/c1-5-12-10(2)19-16(20-15(12)18)13-8-6-7-11-9-17(3,4)21-14(11)13/h6-8H,5,9H2,1-4H3,(H2,18,19,20).